The number of carbonyl (C=O) groups excluding carboxylic acids is 1. The molecule has 2 N–H and O–H groups in total. The van der Waals surface area contributed by atoms with Crippen molar-refractivity contribution in [3.8, 4) is 11.4 Å². The Bertz CT molecular complexity index is 1250. The van der Waals surface area contributed by atoms with E-state index in [1.165, 1.54) is 22.3 Å². The minimum absolute atomic E-state index is 0.113. The summed E-state index contributed by atoms with van der Waals surface area (Å²) in [5.74, 6) is 0.317. The van der Waals surface area contributed by atoms with Gasteiger partial charge >= 0.3 is 0 Å². The normalized spacial score (nSPS) is 11.0. The smallest absolute Gasteiger partial charge is 0.266 e. The number of carbonyl (C=O) groups is 1. The quantitative estimate of drug-likeness (QED) is 0.475. The zero-order valence-electron chi connectivity index (χ0n) is 15.3. The Kier molecular flexibility index (Phi) is 5.37. The lowest BCUT2D eigenvalue weighted by molar-refractivity contribution is -0.113. The first-order valence-electron chi connectivity index (χ1n) is 8.73. The summed E-state index contributed by atoms with van der Waals surface area (Å²) in [5, 5.41) is 6.43. The molecule has 0 fully saturated rings. The van der Waals surface area contributed by atoms with Gasteiger partial charge in [0.1, 0.15) is 0 Å². The van der Waals surface area contributed by atoms with Gasteiger partial charge in [-0.05, 0) is 31.2 Å². The van der Waals surface area contributed by atoms with Crippen LogP contribution < -0.4 is 10.9 Å². The van der Waals surface area contributed by atoms with Gasteiger partial charge < -0.3 is 5.32 Å². The first-order chi connectivity index (χ1) is 14.0. The lowest BCUT2D eigenvalue weighted by Gasteiger charge is -2.09. The second-order valence-corrected chi connectivity index (χ2v) is 7.68. The average molecular weight is 426 g/mol. The lowest BCUT2D eigenvalue weighted by atomic mass is 10.2. The highest BCUT2D eigenvalue weighted by molar-refractivity contribution is 7.99. The second-order valence-electron chi connectivity index (χ2n) is 6.33. The zero-order chi connectivity index (χ0) is 20.4. The van der Waals surface area contributed by atoms with Gasteiger partial charge in [-0.3, -0.25) is 14.7 Å². The molecule has 29 heavy (non-hydrogen) atoms. The van der Waals surface area contributed by atoms with E-state index in [1.807, 2.05) is 43.3 Å². The molecule has 0 bridgehead atoms. The fourth-order valence-corrected chi connectivity index (χ4v) is 3.68. The number of thioether (sulfide) groups is 1. The van der Waals surface area contributed by atoms with Crippen molar-refractivity contribution in [2.24, 2.45) is 0 Å². The van der Waals surface area contributed by atoms with Crippen LogP contribution in [0.2, 0.25) is 5.02 Å². The van der Waals surface area contributed by atoms with E-state index >= 15 is 0 Å². The van der Waals surface area contributed by atoms with Crippen LogP contribution in [0.4, 0.5) is 5.69 Å². The van der Waals surface area contributed by atoms with Crippen molar-refractivity contribution < 1.29 is 4.79 Å². The van der Waals surface area contributed by atoms with Crippen LogP contribution in [0.3, 0.4) is 0 Å². The van der Waals surface area contributed by atoms with Gasteiger partial charge in [-0.2, -0.15) is 0 Å². The van der Waals surface area contributed by atoms with Gasteiger partial charge in [-0.15, -0.1) is 0 Å². The fourth-order valence-electron chi connectivity index (χ4n) is 2.71. The number of benzene rings is 2. The number of aromatic amines is 1. The largest absolute Gasteiger partial charge is 0.325 e. The molecule has 0 radical (unpaired) electrons. The SMILES string of the molecule is Cc1ccc(NC(=O)CSc2nc(-c3ccccc3Cl)nc3cc(=O)[nH]n23)cc1. The molecule has 0 unspecified atom stereocenters. The molecule has 2 heterocycles. The highest BCUT2D eigenvalue weighted by Gasteiger charge is 2.14. The van der Waals surface area contributed by atoms with Crippen LogP contribution in [0, 0.1) is 6.92 Å². The summed E-state index contributed by atoms with van der Waals surface area (Å²) in [5.41, 5.74) is 2.59. The molecule has 4 rings (SSSR count). The highest BCUT2D eigenvalue weighted by Crippen LogP contribution is 2.27. The predicted octanol–water partition coefficient (Wildman–Crippen LogP) is 3.78. The Hall–Kier alpha value is -3.10. The van der Waals surface area contributed by atoms with E-state index < -0.39 is 0 Å². The molecule has 2 aromatic carbocycles. The number of rotatable bonds is 5. The van der Waals surface area contributed by atoms with E-state index in [2.05, 4.69) is 20.4 Å². The number of anilines is 1. The molecule has 7 nitrogen and oxygen atoms in total. The number of hydrogen-bond acceptors (Lipinski definition) is 5. The molecule has 0 saturated heterocycles. The monoisotopic (exact) mass is 425 g/mol. The van der Waals surface area contributed by atoms with Gasteiger partial charge in [0, 0.05) is 17.3 Å². The number of nitrogens with one attached hydrogen (secondary N) is 2. The number of H-pyrrole nitrogens is 1. The minimum Gasteiger partial charge on any atom is -0.325 e. The summed E-state index contributed by atoms with van der Waals surface area (Å²) in [6.07, 6.45) is 0. The van der Waals surface area contributed by atoms with E-state index in [0.717, 1.165) is 11.3 Å². The first-order valence-corrected chi connectivity index (χ1v) is 10.1. The molecule has 4 aromatic rings. The summed E-state index contributed by atoms with van der Waals surface area (Å²) in [7, 11) is 0. The van der Waals surface area contributed by atoms with Crippen molar-refractivity contribution in [1.29, 1.82) is 0 Å². The predicted molar refractivity (Wildman–Crippen MR) is 115 cm³/mol. The molecule has 0 aliphatic carbocycles. The van der Waals surface area contributed by atoms with Crippen LogP contribution in [0.1, 0.15) is 5.56 Å². The average Bonchev–Trinajstić information content (AvgIpc) is 3.08. The van der Waals surface area contributed by atoms with Gasteiger partial charge in [-0.1, -0.05) is 53.2 Å². The molecule has 9 heteroatoms. The molecule has 0 saturated carbocycles. The number of hydrogen-bond donors (Lipinski definition) is 2. The zero-order valence-corrected chi connectivity index (χ0v) is 16.9. The number of halogens is 1. The van der Waals surface area contributed by atoms with Gasteiger partial charge in [0.25, 0.3) is 5.56 Å². The Morgan fingerprint density at radius 1 is 1.17 bits per heavy atom. The Labute approximate surface area is 175 Å². The van der Waals surface area contributed by atoms with Gasteiger partial charge in [0.15, 0.2) is 16.6 Å². The maximum atomic E-state index is 12.3. The molecule has 0 spiro atoms. The van der Waals surface area contributed by atoms with Gasteiger partial charge in [-0.25, -0.2) is 14.5 Å². The van der Waals surface area contributed by atoms with Crippen LogP contribution in [-0.2, 0) is 4.79 Å². The molecule has 0 atom stereocenters. The number of aryl methyl sites for hydroxylation is 1. The molecule has 146 valence electrons. The Morgan fingerprint density at radius 3 is 2.69 bits per heavy atom. The van der Waals surface area contributed by atoms with Gasteiger partial charge in [0.2, 0.25) is 5.91 Å². The standard InChI is InChI=1S/C20H16ClN5O2S/c1-12-6-8-13(9-7-12)22-18(28)11-29-20-24-19(14-4-2-3-5-15(14)21)23-16-10-17(27)25-26(16)20/h2-10H,11H2,1H3,(H,22,28)(H,25,27). The lowest BCUT2D eigenvalue weighted by Crippen LogP contribution is -2.15. The third-order valence-electron chi connectivity index (χ3n) is 4.11. The molecule has 2 aromatic heterocycles. The number of aromatic nitrogens is 4. The molecule has 0 aliphatic rings. The highest BCUT2D eigenvalue weighted by atomic mass is 35.5. The van der Waals surface area contributed by atoms with Crippen LogP contribution in [0.5, 0.6) is 0 Å². The van der Waals surface area contributed by atoms with Crippen molar-refractivity contribution in [1.82, 2.24) is 19.6 Å². The molecule has 0 aliphatic heterocycles. The second kappa shape index (κ2) is 8.10. The summed E-state index contributed by atoms with van der Waals surface area (Å²) in [6.45, 7) is 1.98. The number of amides is 1. The van der Waals surface area contributed by atoms with Crippen molar-refractivity contribution in [2.45, 2.75) is 12.1 Å². The summed E-state index contributed by atoms with van der Waals surface area (Å²) in [4.78, 5) is 33.1. The van der Waals surface area contributed by atoms with E-state index in [9.17, 15) is 9.59 Å². The summed E-state index contributed by atoms with van der Waals surface area (Å²) >= 11 is 7.46. The topological polar surface area (TPSA) is 92.2 Å². The van der Waals surface area contributed by atoms with Crippen molar-refractivity contribution in [2.75, 3.05) is 11.1 Å². The van der Waals surface area contributed by atoms with Crippen molar-refractivity contribution in [3.63, 3.8) is 0 Å². The maximum Gasteiger partial charge on any atom is 0.266 e. The van der Waals surface area contributed by atoms with Crippen LogP contribution in [0.15, 0.2) is 64.5 Å². The number of nitrogens with zero attached hydrogens (tertiary/aromatic N) is 3. The van der Waals surface area contributed by atoms with E-state index in [1.54, 1.807) is 12.1 Å². The van der Waals surface area contributed by atoms with Crippen molar-refractivity contribution in [3.05, 3.63) is 75.5 Å². The third kappa shape index (κ3) is 4.33. The molecule has 1 amide bonds. The maximum absolute atomic E-state index is 12.3. The van der Waals surface area contributed by atoms with E-state index in [0.29, 0.717) is 27.2 Å². The number of fused-ring (bicyclic) bond motifs is 1. The minimum atomic E-state index is -0.304. The van der Waals surface area contributed by atoms with Gasteiger partial charge in [0.05, 0.1) is 10.8 Å². The Morgan fingerprint density at radius 2 is 1.93 bits per heavy atom. The summed E-state index contributed by atoms with van der Waals surface area (Å²) in [6, 6.07) is 16.1. The first kappa shape index (κ1) is 19.2. The Balaban J connectivity index is 1.60. The summed E-state index contributed by atoms with van der Waals surface area (Å²) < 4.78 is 1.46. The van der Waals surface area contributed by atoms with Crippen molar-refractivity contribution >= 4 is 40.6 Å². The van der Waals surface area contributed by atoms with Crippen LogP contribution in [0.25, 0.3) is 17.0 Å². The molecular weight excluding hydrogens is 410 g/mol. The third-order valence-corrected chi connectivity index (χ3v) is 5.38. The van der Waals surface area contributed by atoms with E-state index in [-0.39, 0.29) is 17.2 Å². The van der Waals surface area contributed by atoms with E-state index in [4.69, 9.17) is 11.6 Å². The molecular formula is C20H16ClN5O2S. The van der Waals surface area contributed by atoms with Crippen LogP contribution >= 0.6 is 23.4 Å². The van der Waals surface area contributed by atoms with Crippen LogP contribution in [-0.4, -0.2) is 31.2 Å². The fraction of sp³-hybridized carbons (Fsp3) is 0.100.